The fraction of sp³-hybridized carbons (Fsp3) is 0.300. The van der Waals surface area contributed by atoms with E-state index in [1.165, 1.54) is 0 Å². The van der Waals surface area contributed by atoms with Gasteiger partial charge in [-0.2, -0.15) is 0 Å². The van der Waals surface area contributed by atoms with Gasteiger partial charge >= 0.3 is 178 Å². The van der Waals surface area contributed by atoms with Crippen molar-refractivity contribution in [1.29, 1.82) is 0 Å². The molecule has 9 heteroatoms. The Kier molecular flexibility index (Phi) is 8.13. The van der Waals surface area contributed by atoms with Gasteiger partial charge in [-0.15, -0.1) is 0 Å². The third-order valence-corrected chi connectivity index (χ3v) is 7.84. The molecule has 0 fully saturated rings. The molecule has 2 aromatic carbocycles. The minimum absolute atomic E-state index is 0.144. The molecule has 0 bridgehead atoms. The first-order valence-corrected chi connectivity index (χ1v) is 10.9. The predicted octanol–water partition coefficient (Wildman–Crippen LogP) is 2.88. The Morgan fingerprint density at radius 1 is 1.07 bits per heavy atom. The average molecular weight is 493 g/mol. The number of hydrogen-bond acceptors (Lipinski definition) is 3. The summed E-state index contributed by atoms with van der Waals surface area (Å²) in [6, 6.07) is 17.4. The number of amides is 1. The van der Waals surface area contributed by atoms with Crippen LogP contribution in [0.4, 0.5) is 13.2 Å². The number of esters is 1. The second-order valence-corrected chi connectivity index (χ2v) is 9.14. The molecule has 156 valence electrons. The summed E-state index contributed by atoms with van der Waals surface area (Å²) in [5.41, 5.74) is -1.40. The summed E-state index contributed by atoms with van der Waals surface area (Å²) < 4.78 is 44.9. The van der Waals surface area contributed by atoms with Gasteiger partial charge < -0.3 is 0 Å². The van der Waals surface area contributed by atoms with Crippen molar-refractivity contribution in [3.05, 3.63) is 66.2 Å². The molecule has 0 aliphatic rings. The second kappa shape index (κ2) is 10.1. The standard InChI is InChI=1S/C20H19ClF3NO3Se/c1-28-18(27)19(25-17(26)20(22,23)24,12-14-8-4-2-5-9-14)16(13-21)29-15-10-6-3-7-11-15/h2-11,16H,12-13H2,1H3,(H,25,26). The van der Waals surface area contributed by atoms with Crippen LogP contribution in [0, 0.1) is 0 Å². The van der Waals surface area contributed by atoms with Crippen molar-refractivity contribution in [3.8, 4) is 0 Å². The van der Waals surface area contributed by atoms with E-state index in [0.29, 0.717) is 5.56 Å². The third-order valence-electron chi connectivity index (χ3n) is 4.18. The molecule has 2 unspecified atom stereocenters. The predicted molar refractivity (Wildman–Crippen MR) is 105 cm³/mol. The van der Waals surface area contributed by atoms with Crippen LogP contribution in [0.3, 0.4) is 0 Å². The first-order chi connectivity index (χ1) is 13.7. The van der Waals surface area contributed by atoms with Crippen LogP contribution in [0.5, 0.6) is 0 Å². The van der Waals surface area contributed by atoms with E-state index in [4.69, 9.17) is 16.3 Å². The van der Waals surface area contributed by atoms with Crippen molar-refractivity contribution >= 4 is 42.9 Å². The van der Waals surface area contributed by atoms with Gasteiger partial charge in [-0.3, -0.25) is 0 Å². The number of halogens is 4. The van der Waals surface area contributed by atoms with E-state index < -0.39 is 43.4 Å². The summed E-state index contributed by atoms with van der Waals surface area (Å²) in [6.07, 6.45) is -5.35. The molecule has 2 rings (SSSR count). The molecule has 0 aliphatic heterocycles. The Bertz CT molecular complexity index is 821. The van der Waals surface area contributed by atoms with E-state index in [-0.39, 0.29) is 12.3 Å². The third kappa shape index (κ3) is 5.98. The van der Waals surface area contributed by atoms with Crippen molar-refractivity contribution in [2.24, 2.45) is 0 Å². The molecular weight excluding hydrogens is 474 g/mol. The number of rotatable bonds is 8. The average Bonchev–Trinajstić information content (AvgIpc) is 2.71. The number of methoxy groups -OCH3 is 1. The second-order valence-electron chi connectivity index (χ2n) is 6.15. The SMILES string of the molecule is COC(=O)C(Cc1ccccc1)(NC(=O)C(F)(F)F)C(CCl)[Se]c1ccccc1. The molecule has 0 radical (unpaired) electrons. The van der Waals surface area contributed by atoms with Gasteiger partial charge in [0.05, 0.1) is 0 Å². The number of benzene rings is 2. The summed E-state index contributed by atoms with van der Waals surface area (Å²) >= 11 is 5.62. The van der Waals surface area contributed by atoms with E-state index in [0.717, 1.165) is 11.6 Å². The Labute approximate surface area is 177 Å². The maximum absolute atomic E-state index is 13.1. The first-order valence-electron chi connectivity index (χ1n) is 8.52. The molecule has 0 saturated heterocycles. The summed E-state index contributed by atoms with van der Waals surface area (Å²) in [4.78, 5) is 23.9. The topological polar surface area (TPSA) is 55.4 Å². The number of hydrogen-bond donors (Lipinski definition) is 1. The van der Waals surface area contributed by atoms with E-state index >= 15 is 0 Å². The molecule has 0 saturated carbocycles. The molecule has 0 spiro atoms. The van der Waals surface area contributed by atoms with Crippen LogP contribution in [0.1, 0.15) is 5.56 Å². The van der Waals surface area contributed by atoms with Gasteiger partial charge in [-0.25, -0.2) is 0 Å². The molecule has 1 amide bonds. The van der Waals surface area contributed by atoms with E-state index in [9.17, 15) is 22.8 Å². The van der Waals surface area contributed by atoms with E-state index in [1.54, 1.807) is 60.7 Å². The van der Waals surface area contributed by atoms with Gasteiger partial charge in [0, 0.05) is 0 Å². The van der Waals surface area contributed by atoms with Crippen LogP contribution in [-0.4, -0.2) is 51.5 Å². The minimum atomic E-state index is -5.16. The van der Waals surface area contributed by atoms with Crippen molar-refractivity contribution in [1.82, 2.24) is 5.32 Å². The number of nitrogens with one attached hydrogen (secondary N) is 1. The fourth-order valence-electron chi connectivity index (χ4n) is 2.79. The van der Waals surface area contributed by atoms with Crippen LogP contribution in [0.25, 0.3) is 0 Å². The normalized spacial score (nSPS) is 14.5. The quantitative estimate of drug-likeness (QED) is 0.350. The molecule has 2 aromatic rings. The van der Waals surface area contributed by atoms with Crippen LogP contribution in [-0.2, 0) is 20.7 Å². The maximum atomic E-state index is 13.1. The summed E-state index contributed by atoms with van der Waals surface area (Å²) in [5.74, 6) is -3.32. The van der Waals surface area contributed by atoms with Crippen molar-refractivity contribution < 1.29 is 27.5 Å². The molecule has 0 aliphatic carbocycles. The monoisotopic (exact) mass is 493 g/mol. The zero-order valence-corrected chi connectivity index (χ0v) is 17.9. The van der Waals surface area contributed by atoms with Gasteiger partial charge in [0.1, 0.15) is 0 Å². The summed E-state index contributed by atoms with van der Waals surface area (Å²) in [6.45, 7) is 0. The number of carbonyl (C=O) groups excluding carboxylic acids is 2. The first kappa shape index (κ1) is 23.3. The van der Waals surface area contributed by atoms with Crippen molar-refractivity contribution in [3.63, 3.8) is 0 Å². The Morgan fingerprint density at radius 3 is 2.10 bits per heavy atom. The van der Waals surface area contributed by atoms with Crippen molar-refractivity contribution in [2.45, 2.75) is 23.0 Å². The number of ether oxygens (including phenoxy) is 1. The molecule has 2 atom stereocenters. The molecule has 0 heterocycles. The van der Waals surface area contributed by atoms with Gasteiger partial charge in [-0.05, 0) is 0 Å². The molecule has 1 N–H and O–H groups in total. The van der Waals surface area contributed by atoms with E-state index in [2.05, 4.69) is 0 Å². The van der Waals surface area contributed by atoms with Gasteiger partial charge in [0.15, 0.2) is 0 Å². The molecular formula is C20H19ClF3NO3Se. The molecule has 29 heavy (non-hydrogen) atoms. The fourth-order valence-corrected chi connectivity index (χ4v) is 5.79. The summed E-state index contributed by atoms with van der Waals surface area (Å²) in [5, 5.41) is 1.93. The molecule has 4 nitrogen and oxygen atoms in total. The Morgan fingerprint density at radius 2 is 1.62 bits per heavy atom. The van der Waals surface area contributed by atoms with Gasteiger partial charge in [0.2, 0.25) is 0 Å². The Hall–Kier alpha value is -2.02. The van der Waals surface area contributed by atoms with Crippen LogP contribution < -0.4 is 9.78 Å². The molecule has 0 aromatic heterocycles. The van der Waals surface area contributed by atoms with Crippen LogP contribution in [0.15, 0.2) is 60.7 Å². The number of carbonyl (C=O) groups is 2. The van der Waals surface area contributed by atoms with Gasteiger partial charge in [-0.1, -0.05) is 0 Å². The Balaban J connectivity index is 2.54. The van der Waals surface area contributed by atoms with Crippen molar-refractivity contribution in [2.75, 3.05) is 13.0 Å². The van der Waals surface area contributed by atoms with E-state index in [1.807, 2.05) is 5.32 Å². The zero-order chi connectivity index (χ0) is 21.5. The van der Waals surface area contributed by atoms with Gasteiger partial charge in [0.25, 0.3) is 0 Å². The summed E-state index contributed by atoms with van der Waals surface area (Å²) in [7, 11) is 1.07. The zero-order valence-electron chi connectivity index (χ0n) is 15.4. The van der Waals surface area contributed by atoms with Crippen LogP contribution >= 0.6 is 11.6 Å². The van der Waals surface area contributed by atoms with Crippen LogP contribution in [0.2, 0.25) is 4.82 Å². The number of alkyl halides is 4.